The maximum Gasteiger partial charge on any atom is 0.225 e. The van der Waals surface area contributed by atoms with Crippen molar-refractivity contribution in [2.75, 3.05) is 5.32 Å². The predicted octanol–water partition coefficient (Wildman–Crippen LogP) is 2.89. The summed E-state index contributed by atoms with van der Waals surface area (Å²) in [6, 6.07) is 12.6. The van der Waals surface area contributed by atoms with Gasteiger partial charge in [0, 0.05) is 29.0 Å². The van der Waals surface area contributed by atoms with E-state index in [2.05, 4.69) is 5.32 Å². The number of aryl methyl sites for hydroxylation is 2. The number of aliphatic carboxylic acids is 1. The first-order valence-corrected chi connectivity index (χ1v) is 8.05. The van der Waals surface area contributed by atoms with E-state index in [9.17, 15) is 14.7 Å². The standard InChI is InChI=1S/C19H20ClNO3/c1-12-3-4-13(2)17(9-12)21-18(22)11-15(19(23)24)10-14-5-7-16(20)8-6-14/h3-9,15H,10-11H2,1-2H3,(H,21,22)(H,23,24)/p-1/t15-/m1/s1. The molecule has 0 saturated heterocycles. The van der Waals surface area contributed by atoms with E-state index in [-0.39, 0.29) is 18.7 Å². The Morgan fingerprint density at radius 1 is 1.12 bits per heavy atom. The van der Waals surface area contributed by atoms with Gasteiger partial charge in [-0.15, -0.1) is 0 Å². The summed E-state index contributed by atoms with van der Waals surface area (Å²) < 4.78 is 0. The Balaban J connectivity index is 2.04. The van der Waals surface area contributed by atoms with E-state index in [1.807, 2.05) is 32.0 Å². The molecule has 2 aromatic carbocycles. The molecule has 0 spiro atoms. The van der Waals surface area contributed by atoms with Crippen molar-refractivity contribution in [3.05, 3.63) is 64.2 Å². The van der Waals surface area contributed by atoms with Crippen molar-refractivity contribution in [1.29, 1.82) is 0 Å². The van der Waals surface area contributed by atoms with E-state index in [4.69, 9.17) is 11.6 Å². The van der Waals surface area contributed by atoms with Crippen LogP contribution in [-0.4, -0.2) is 11.9 Å². The van der Waals surface area contributed by atoms with E-state index in [0.29, 0.717) is 10.7 Å². The molecule has 0 bridgehead atoms. The molecule has 0 unspecified atom stereocenters. The number of hydrogen-bond donors (Lipinski definition) is 1. The Kier molecular flexibility index (Phi) is 5.99. The van der Waals surface area contributed by atoms with Crippen LogP contribution in [0.3, 0.4) is 0 Å². The Morgan fingerprint density at radius 2 is 1.79 bits per heavy atom. The molecule has 0 radical (unpaired) electrons. The first kappa shape index (κ1) is 18.0. The number of rotatable bonds is 6. The van der Waals surface area contributed by atoms with Crippen LogP contribution in [0.15, 0.2) is 42.5 Å². The number of benzene rings is 2. The topological polar surface area (TPSA) is 69.2 Å². The fourth-order valence-corrected chi connectivity index (χ4v) is 2.57. The quantitative estimate of drug-likeness (QED) is 0.876. The van der Waals surface area contributed by atoms with E-state index < -0.39 is 11.9 Å². The Bertz CT molecular complexity index is 741. The second-order valence-corrected chi connectivity index (χ2v) is 6.35. The molecule has 0 fully saturated rings. The summed E-state index contributed by atoms with van der Waals surface area (Å²) in [5.41, 5.74) is 3.45. The zero-order chi connectivity index (χ0) is 17.7. The van der Waals surface area contributed by atoms with Crippen LogP contribution in [0, 0.1) is 19.8 Å². The molecule has 5 heteroatoms. The lowest BCUT2D eigenvalue weighted by molar-refractivity contribution is -0.311. The SMILES string of the molecule is Cc1ccc(C)c(NC(=O)C[C@@H](Cc2ccc(Cl)cc2)C(=O)[O-])c1. The molecule has 2 rings (SSSR count). The van der Waals surface area contributed by atoms with Crippen molar-refractivity contribution in [2.24, 2.45) is 5.92 Å². The molecular weight excluding hydrogens is 326 g/mol. The van der Waals surface area contributed by atoms with Crippen LogP contribution in [0.2, 0.25) is 5.02 Å². The van der Waals surface area contributed by atoms with Crippen LogP contribution in [0.25, 0.3) is 0 Å². The number of carbonyl (C=O) groups is 2. The molecule has 0 aliphatic carbocycles. The molecule has 1 amide bonds. The minimum absolute atomic E-state index is 0.141. The summed E-state index contributed by atoms with van der Waals surface area (Å²) in [7, 11) is 0. The minimum Gasteiger partial charge on any atom is -0.550 e. The highest BCUT2D eigenvalue weighted by Crippen LogP contribution is 2.19. The van der Waals surface area contributed by atoms with Gasteiger partial charge in [0.05, 0.1) is 0 Å². The van der Waals surface area contributed by atoms with Crippen LogP contribution < -0.4 is 10.4 Å². The summed E-state index contributed by atoms with van der Waals surface area (Å²) in [5.74, 6) is -2.47. The molecule has 4 nitrogen and oxygen atoms in total. The summed E-state index contributed by atoms with van der Waals surface area (Å²) in [4.78, 5) is 23.6. The van der Waals surface area contributed by atoms with Gasteiger partial charge in [0.1, 0.15) is 0 Å². The van der Waals surface area contributed by atoms with Crippen molar-refractivity contribution in [1.82, 2.24) is 0 Å². The van der Waals surface area contributed by atoms with Crippen LogP contribution in [0.5, 0.6) is 0 Å². The van der Waals surface area contributed by atoms with E-state index >= 15 is 0 Å². The number of hydrogen-bond acceptors (Lipinski definition) is 3. The van der Waals surface area contributed by atoms with Crippen molar-refractivity contribution < 1.29 is 14.7 Å². The van der Waals surface area contributed by atoms with Gasteiger partial charge in [0.15, 0.2) is 0 Å². The lowest BCUT2D eigenvalue weighted by atomic mass is 9.96. The number of amides is 1. The highest BCUT2D eigenvalue weighted by Gasteiger charge is 2.16. The van der Waals surface area contributed by atoms with Gasteiger partial charge in [-0.3, -0.25) is 4.79 Å². The van der Waals surface area contributed by atoms with Crippen LogP contribution in [0.4, 0.5) is 5.69 Å². The van der Waals surface area contributed by atoms with Crippen molar-refractivity contribution >= 4 is 29.2 Å². The monoisotopic (exact) mass is 344 g/mol. The number of anilines is 1. The average Bonchev–Trinajstić information content (AvgIpc) is 2.52. The molecule has 0 heterocycles. The summed E-state index contributed by atoms with van der Waals surface area (Å²) >= 11 is 5.82. The van der Waals surface area contributed by atoms with Gasteiger partial charge in [0.25, 0.3) is 0 Å². The number of carbonyl (C=O) groups excluding carboxylic acids is 2. The van der Waals surface area contributed by atoms with Crippen LogP contribution in [-0.2, 0) is 16.0 Å². The number of nitrogens with one attached hydrogen (secondary N) is 1. The third kappa shape index (κ3) is 5.10. The zero-order valence-corrected chi connectivity index (χ0v) is 14.4. The Labute approximate surface area is 146 Å². The third-order valence-electron chi connectivity index (χ3n) is 3.83. The highest BCUT2D eigenvalue weighted by molar-refractivity contribution is 6.30. The van der Waals surface area contributed by atoms with Gasteiger partial charge in [-0.25, -0.2) is 0 Å². The van der Waals surface area contributed by atoms with Crippen LogP contribution >= 0.6 is 11.6 Å². The molecule has 2 aromatic rings. The maximum absolute atomic E-state index is 12.2. The third-order valence-corrected chi connectivity index (χ3v) is 4.08. The fourth-order valence-electron chi connectivity index (χ4n) is 2.44. The summed E-state index contributed by atoms with van der Waals surface area (Å²) in [6.07, 6.45) is 0.0814. The lowest BCUT2D eigenvalue weighted by Gasteiger charge is -2.18. The van der Waals surface area contributed by atoms with Gasteiger partial charge in [-0.2, -0.15) is 0 Å². The molecule has 0 aromatic heterocycles. The second kappa shape index (κ2) is 7.97. The fraction of sp³-hybridized carbons (Fsp3) is 0.263. The van der Waals surface area contributed by atoms with Gasteiger partial charge < -0.3 is 15.2 Å². The highest BCUT2D eigenvalue weighted by atomic mass is 35.5. The second-order valence-electron chi connectivity index (χ2n) is 5.92. The van der Waals surface area contributed by atoms with Gasteiger partial charge in [-0.1, -0.05) is 35.9 Å². The number of carboxylic acid groups (broad SMARTS) is 1. The van der Waals surface area contributed by atoms with E-state index in [1.165, 1.54) is 0 Å². The Hall–Kier alpha value is -2.33. The average molecular weight is 345 g/mol. The number of halogens is 1. The normalized spacial score (nSPS) is 11.8. The number of carboxylic acids is 1. The summed E-state index contributed by atoms with van der Waals surface area (Å²) in [6.45, 7) is 3.82. The van der Waals surface area contributed by atoms with Crippen molar-refractivity contribution in [2.45, 2.75) is 26.7 Å². The van der Waals surface area contributed by atoms with Crippen molar-refractivity contribution in [3.63, 3.8) is 0 Å². The zero-order valence-electron chi connectivity index (χ0n) is 13.6. The minimum atomic E-state index is -1.24. The first-order chi connectivity index (χ1) is 11.3. The summed E-state index contributed by atoms with van der Waals surface area (Å²) in [5, 5.41) is 14.7. The molecule has 1 atom stereocenters. The van der Waals surface area contributed by atoms with E-state index in [0.717, 1.165) is 16.7 Å². The first-order valence-electron chi connectivity index (χ1n) is 7.67. The lowest BCUT2D eigenvalue weighted by Crippen LogP contribution is -2.35. The molecule has 0 aliphatic rings. The molecule has 126 valence electrons. The van der Waals surface area contributed by atoms with Crippen molar-refractivity contribution in [3.8, 4) is 0 Å². The van der Waals surface area contributed by atoms with Gasteiger partial charge >= 0.3 is 0 Å². The van der Waals surface area contributed by atoms with E-state index in [1.54, 1.807) is 24.3 Å². The molecule has 1 N–H and O–H groups in total. The smallest absolute Gasteiger partial charge is 0.225 e. The van der Waals surface area contributed by atoms with Gasteiger partial charge in [-0.05, 0) is 55.2 Å². The molecule has 24 heavy (non-hydrogen) atoms. The molecule has 0 saturated carbocycles. The van der Waals surface area contributed by atoms with Gasteiger partial charge in [0.2, 0.25) is 5.91 Å². The Morgan fingerprint density at radius 3 is 2.42 bits per heavy atom. The van der Waals surface area contributed by atoms with Crippen LogP contribution in [0.1, 0.15) is 23.1 Å². The maximum atomic E-state index is 12.2. The molecule has 0 aliphatic heterocycles. The largest absolute Gasteiger partial charge is 0.550 e. The molecular formula is C19H19ClNO3-. The predicted molar refractivity (Wildman–Crippen MR) is 92.8 cm³/mol.